The molecule has 3 N–H and O–H groups in total. The van der Waals surface area contributed by atoms with Crippen LogP contribution in [0.25, 0.3) is 0 Å². The van der Waals surface area contributed by atoms with Crippen LogP contribution in [0, 0.1) is 6.92 Å². The topological polar surface area (TPSA) is 38.0 Å². The molecule has 0 spiro atoms. The number of nitrogens with two attached hydrogens (primary N) is 1. The van der Waals surface area contributed by atoms with Crippen LogP contribution >= 0.6 is 23.4 Å². The van der Waals surface area contributed by atoms with Crippen LogP contribution in [0.2, 0.25) is 5.02 Å². The van der Waals surface area contributed by atoms with E-state index < -0.39 is 0 Å². The van der Waals surface area contributed by atoms with Gasteiger partial charge in [-0.05, 0) is 98.4 Å². The van der Waals surface area contributed by atoms with E-state index in [1.165, 1.54) is 21.6 Å². The van der Waals surface area contributed by atoms with E-state index in [0.717, 1.165) is 48.0 Å². The summed E-state index contributed by atoms with van der Waals surface area (Å²) >= 11 is 7.86. The fourth-order valence-corrected chi connectivity index (χ4v) is 5.52. The second kappa shape index (κ2) is 8.83. The van der Waals surface area contributed by atoms with Crippen LogP contribution in [0.15, 0.2) is 76.5 Å². The van der Waals surface area contributed by atoms with Gasteiger partial charge in [0.05, 0.1) is 0 Å². The van der Waals surface area contributed by atoms with E-state index in [2.05, 4.69) is 54.7 Å². The van der Waals surface area contributed by atoms with Crippen molar-refractivity contribution in [3.05, 3.63) is 88.4 Å². The molecule has 1 heterocycles. The Morgan fingerprint density at radius 3 is 2.45 bits per heavy atom. The molecule has 3 aromatic carbocycles. The number of benzene rings is 3. The predicted octanol–water partition coefficient (Wildman–Crippen LogP) is 6.25. The lowest BCUT2D eigenvalue weighted by Crippen LogP contribution is -2.42. The van der Waals surface area contributed by atoms with Gasteiger partial charge in [-0.15, -0.1) is 0 Å². The monoisotopic (exact) mass is 422 g/mol. The lowest BCUT2D eigenvalue weighted by Gasteiger charge is -2.39. The number of aryl methyl sites for hydroxylation is 1. The number of nitrogens with one attached hydrogen (secondary N) is 1. The molecule has 0 amide bonds. The molecular weight excluding hydrogens is 396 g/mol. The molecule has 29 heavy (non-hydrogen) atoms. The Morgan fingerprint density at radius 1 is 0.966 bits per heavy atom. The zero-order chi connectivity index (χ0) is 20.3. The van der Waals surface area contributed by atoms with Crippen LogP contribution in [0.1, 0.15) is 29.5 Å². The molecule has 4 heteroatoms. The largest absolute Gasteiger partial charge is 0.399 e. The van der Waals surface area contributed by atoms with E-state index >= 15 is 0 Å². The summed E-state index contributed by atoms with van der Waals surface area (Å²) in [5.74, 6) is 0. The number of hydrogen-bond acceptors (Lipinski definition) is 3. The Kier molecular flexibility index (Phi) is 6.19. The predicted molar refractivity (Wildman–Crippen MR) is 125 cm³/mol. The van der Waals surface area contributed by atoms with Gasteiger partial charge in [0.2, 0.25) is 0 Å². The second-order valence-corrected chi connectivity index (χ2v) is 9.57. The number of rotatable bonds is 5. The number of piperidine rings is 1. The first-order chi connectivity index (χ1) is 14.0. The van der Waals surface area contributed by atoms with Crippen LogP contribution in [0.4, 0.5) is 5.69 Å². The average molecular weight is 423 g/mol. The van der Waals surface area contributed by atoms with E-state index in [1.807, 2.05) is 24.3 Å². The highest BCUT2D eigenvalue weighted by Crippen LogP contribution is 2.40. The number of hydrogen-bond donors (Lipinski definition) is 2. The fourth-order valence-electron chi connectivity index (χ4n) is 4.39. The first-order valence-electron chi connectivity index (χ1n) is 10.1. The summed E-state index contributed by atoms with van der Waals surface area (Å²) in [4.78, 5) is 2.39. The summed E-state index contributed by atoms with van der Waals surface area (Å²) in [6.07, 6.45) is 3.31. The molecule has 0 saturated carbocycles. The van der Waals surface area contributed by atoms with Crippen molar-refractivity contribution >= 4 is 29.1 Å². The van der Waals surface area contributed by atoms with Gasteiger partial charge in [-0.2, -0.15) is 0 Å². The molecular formula is C25H27ClN2S. The Labute approximate surface area is 182 Å². The molecule has 3 aromatic rings. The summed E-state index contributed by atoms with van der Waals surface area (Å²) in [5.41, 5.74) is 11.3. The van der Waals surface area contributed by atoms with Gasteiger partial charge in [-0.25, -0.2) is 0 Å². The van der Waals surface area contributed by atoms with E-state index in [4.69, 9.17) is 17.3 Å². The summed E-state index contributed by atoms with van der Waals surface area (Å²) in [7, 11) is 0. The standard InChI is InChI=1S/C25H27ClN2S/c1-18-5-8-21(27)16-24(18)25(11-13-28-14-12-25)17-19-6-9-22(10-7-19)29-23-4-2-3-20(26)15-23/h2-10,15-16,28H,11-14,17,27H2,1H3. The lowest BCUT2D eigenvalue weighted by atomic mass is 9.68. The van der Waals surface area contributed by atoms with Crippen LogP contribution in [-0.4, -0.2) is 13.1 Å². The maximum absolute atomic E-state index is 6.16. The minimum atomic E-state index is 0.145. The quantitative estimate of drug-likeness (QED) is 0.477. The van der Waals surface area contributed by atoms with E-state index in [9.17, 15) is 0 Å². The Bertz CT molecular complexity index is 978. The summed E-state index contributed by atoms with van der Waals surface area (Å²) in [6, 6.07) is 23.4. The molecule has 1 saturated heterocycles. The SMILES string of the molecule is Cc1ccc(N)cc1C1(Cc2ccc(Sc3cccc(Cl)c3)cc2)CCNCC1. The molecule has 0 radical (unpaired) electrons. The normalized spacial score (nSPS) is 15.9. The fraction of sp³-hybridized carbons (Fsp3) is 0.280. The van der Waals surface area contributed by atoms with Crippen molar-refractivity contribution in [3.8, 4) is 0 Å². The number of anilines is 1. The van der Waals surface area contributed by atoms with Gasteiger partial charge in [0.1, 0.15) is 0 Å². The van der Waals surface area contributed by atoms with Crippen LogP contribution in [-0.2, 0) is 11.8 Å². The van der Waals surface area contributed by atoms with Crippen molar-refractivity contribution in [2.24, 2.45) is 0 Å². The minimum absolute atomic E-state index is 0.145. The zero-order valence-electron chi connectivity index (χ0n) is 16.7. The number of halogens is 1. The Hall–Kier alpha value is -1.94. The van der Waals surface area contributed by atoms with Crippen molar-refractivity contribution < 1.29 is 0 Å². The first-order valence-corrected chi connectivity index (χ1v) is 11.3. The molecule has 150 valence electrons. The molecule has 0 bridgehead atoms. The van der Waals surface area contributed by atoms with Gasteiger partial charge in [-0.1, -0.05) is 47.6 Å². The molecule has 1 aliphatic heterocycles. The third-order valence-corrected chi connectivity index (χ3v) is 7.12. The van der Waals surface area contributed by atoms with Crippen molar-refractivity contribution in [1.82, 2.24) is 5.32 Å². The third-order valence-electron chi connectivity index (χ3n) is 5.89. The first kappa shape index (κ1) is 20.3. The molecule has 1 aliphatic rings. The van der Waals surface area contributed by atoms with E-state index in [0.29, 0.717) is 0 Å². The smallest absolute Gasteiger partial charge is 0.0417 e. The van der Waals surface area contributed by atoms with Gasteiger partial charge >= 0.3 is 0 Å². The van der Waals surface area contributed by atoms with Crippen molar-refractivity contribution in [3.63, 3.8) is 0 Å². The highest BCUT2D eigenvalue weighted by atomic mass is 35.5. The summed E-state index contributed by atoms with van der Waals surface area (Å²) in [6.45, 7) is 4.32. The highest BCUT2D eigenvalue weighted by molar-refractivity contribution is 7.99. The molecule has 0 aliphatic carbocycles. The molecule has 0 atom stereocenters. The van der Waals surface area contributed by atoms with Gasteiger partial charge in [0.25, 0.3) is 0 Å². The maximum atomic E-state index is 6.16. The molecule has 2 nitrogen and oxygen atoms in total. The van der Waals surface area contributed by atoms with Gasteiger partial charge in [0, 0.05) is 25.9 Å². The van der Waals surface area contributed by atoms with Gasteiger partial charge in [-0.3, -0.25) is 0 Å². The highest BCUT2D eigenvalue weighted by Gasteiger charge is 2.35. The van der Waals surface area contributed by atoms with Crippen LogP contribution < -0.4 is 11.1 Å². The van der Waals surface area contributed by atoms with Crippen LogP contribution in [0.5, 0.6) is 0 Å². The third kappa shape index (κ3) is 4.80. The van der Waals surface area contributed by atoms with Crippen molar-refractivity contribution in [2.75, 3.05) is 18.8 Å². The van der Waals surface area contributed by atoms with Gasteiger partial charge in [0.15, 0.2) is 0 Å². The van der Waals surface area contributed by atoms with E-state index in [-0.39, 0.29) is 5.41 Å². The Morgan fingerprint density at radius 2 is 1.72 bits per heavy atom. The average Bonchev–Trinajstić information content (AvgIpc) is 2.72. The maximum Gasteiger partial charge on any atom is 0.0417 e. The van der Waals surface area contributed by atoms with Crippen LogP contribution in [0.3, 0.4) is 0 Å². The summed E-state index contributed by atoms with van der Waals surface area (Å²) in [5, 5.41) is 4.30. The van der Waals surface area contributed by atoms with Crippen molar-refractivity contribution in [2.45, 2.75) is 41.4 Å². The molecule has 1 fully saturated rings. The molecule has 0 aromatic heterocycles. The lowest BCUT2D eigenvalue weighted by molar-refractivity contribution is 0.304. The van der Waals surface area contributed by atoms with Crippen molar-refractivity contribution in [1.29, 1.82) is 0 Å². The summed E-state index contributed by atoms with van der Waals surface area (Å²) < 4.78 is 0. The Balaban J connectivity index is 1.57. The van der Waals surface area contributed by atoms with Gasteiger partial charge < -0.3 is 11.1 Å². The van der Waals surface area contributed by atoms with E-state index in [1.54, 1.807) is 11.8 Å². The molecule has 4 rings (SSSR count). The zero-order valence-corrected chi connectivity index (χ0v) is 18.3. The second-order valence-electron chi connectivity index (χ2n) is 7.98. The molecule has 0 unspecified atom stereocenters. The number of nitrogen functional groups attached to an aromatic ring is 1. The minimum Gasteiger partial charge on any atom is -0.399 e.